The molecule has 0 aliphatic carbocycles. The maximum absolute atomic E-state index is 6.01. The quantitative estimate of drug-likeness (QED) is 0.876. The number of pyridine rings is 1. The smallest absolute Gasteiger partial charge is 0.0284 e. The largest absolute Gasteiger partial charge is 0.329 e. The van der Waals surface area contributed by atoms with E-state index < -0.39 is 0 Å². The van der Waals surface area contributed by atoms with Crippen LogP contribution < -0.4 is 5.73 Å². The fraction of sp³-hybridized carbons (Fsp3) is 0.353. The topological polar surface area (TPSA) is 42.1 Å². The van der Waals surface area contributed by atoms with Gasteiger partial charge in [0.2, 0.25) is 0 Å². The highest BCUT2D eigenvalue weighted by Gasteiger charge is 2.21. The lowest BCUT2D eigenvalue weighted by Gasteiger charge is -2.32. The Morgan fingerprint density at radius 1 is 1.10 bits per heavy atom. The first-order chi connectivity index (χ1) is 9.72. The van der Waals surface area contributed by atoms with Gasteiger partial charge in [-0.2, -0.15) is 0 Å². The number of nitrogens with two attached hydrogens (primary N) is 1. The van der Waals surface area contributed by atoms with Crippen molar-refractivity contribution in [2.24, 2.45) is 5.73 Å². The van der Waals surface area contributed by atoms with E-state index >= 15 is 0 Å². The van der Waals surface area contributed by atoms with Crippen LogP contribution in [0.1, 0.15) is 24.0 Å². The Hall–Kier alpha value is -1.71. The molecule has 2 aromatic rings. The molecule has 0 aliphatic heterocycles. The predicted octanol–water partition coefficient (Wildman–Crippen LogP) is 2.64. The third kappa shape index (κ3) is 3.65. The molecule has 0 fully saturated rings. The molecular weight excluding hydrogens is 246 g/mol. The minimum absolute atomic E-state index is 0.325. The number of aromatic nitrogens is 1. The molecule has 0 radical (unpaired) electrons. The van der Waals surface area contributed by atoms with Gasteiger partial charge in [-0.15, -0.1) is 0 Å². The molecule has 2 rings (SSSR count). The molecule has 2 N–H and O–H groups in total. The second kappa shape index (κ2) is 7.17. The third-order valence-corrected chi connectivity index (χ3v) is 3.89. The van der Waals surface area contributed by atoms with Crippen LogP contribution in [0.5, 0.6) is 0 Å². The van der Waals surface area contributed by atoms with Crippen LogP contribution in [-0.2, 0) is 6.54 Å². The van der Waals surface area contributed by atoms with Gasteiger partial charge >= 0.3 is 0 Å². The van der Waals surface area contributed by atoms with Gasteiger partial charge in [0.1, 0.15) is 0 Å². The van der Waals surface area contributed by atoms with Crippen molar-refractivity contribution >= 4 is 0 Å². The highest BCUT2D eigenvalue weighted by molar-refractivity contribution is 5.21. The van der Waals surface area contributed by atoms with Crippen LogP contribution >= 0.6 is 0 Å². The Morgan fingerprint density at radius 2 is 1.75 bits per heavy atom. The molecule has 1 aromatic carbocycles. The summed E-state index contributed by atoms with van der Waals surface area (Å²) in [6, 6.07) is 15.0. The summed E-state index contributed by atoms with van der Waals surface area (Å²) in [4.78, 5) is 6.38. The zero-order valence-corrected chi connectivity index (χ0v) is 12.2. The molecule has 0 bridgehead atoms. The van der Waals surface area contributed by atoms with Gasteiger partial charge in [0.15, 0.2) is 0 Å². The lowest BCUT2D eigenvalue weighted by molar-refractivity contribution is 0.213. The van der Waals surface area contributed by atoms with Gasteiger partial charge in [0.25, 0.3) is 0 Å². The first kappa shape index (κ1) is 14.7. The van der Waals surface area contributed by atoms with E-state index in [1.54, 1.807) is 0 Å². The number of hydrogen-bond donors (Lipinski definition) is 1. The van der Waals surface area contributed by atoms with Crippen molar-refractivity contribution < 1.29 is 0 Å². The van der Waals surface area contributed by atoms with Gasteiger partial charge in [-0.1, -0.05) is 37.3 Å². The molecule has 3 heteroatoms. The monoisotopic (exact) mass is 269 g/mol. The summed E-state index contributed by atoms with van der Waals surface area (Å²) in [5.41, 5.74) is 8.61. The van der Waals surface area contributed by atoms with E-state index in [1.807, 2.05) is 18.5 Å². The van der Waals surface area contributed by atoms with Gasteiger partial charge in [0, 0.05) is 31.5 Å². The third-order valence-electron chi connectivity index (χ3n) is 3.89. The molecule has 1 aromatic heterocycles. The van der Waals surface area contributed by atoms with Crippen LogP contribution in [0.15, 0.2) is 54.9 Å². The summed E-state index contributed by atoms with van der Waals surface area (Å²) in [7, 11) is 2.14. The van der Waals surface area contributed by atoms with E-state index in [2.05, 4.69) is 60.3 Å². The SMILES string of the molecule is CC(c1ccccc1)C(CN)N(C)Cc1ccncc1. The average Bonchev–Trinajstić information content (AvgIpc) is 2.49. The summed E-state index contributed by atoms with van der Waals surface area (Å²) in [5.74, 6) is 0.410. The van der Waals surface area contributed by atoms with Crippen LogP contribution in [0, 0.1) is 0 Å². The second-order valence-corrected chi connectivity index (χ2v) is 5.27. The molecule has 2 atom stereocenters. The van der Waals surface area contributed by atoms with Crippen LogP contribution in [-0.4, -0.2) is 29.5 Å². The highest BCUT2D eigenvalue weighted by Crippen LogP contribution is 2.22. The summed E-state index contributed by atoms with van der Waals surface area (Å²) >= 11 is 0. The van der Waals surface area contributed by atoms with Crippen LogP contribution in [0.25, 0.3) is 0 Å². The number of benzene rings is 1. The zero-order valence-electron chi connectivity index (χ0n) is 12.2. The first-order valence-electron chi connectivity index (χ1n) is 7.06. The molecule has 0 amide bonds. The van der Waals surface area contributed by atoms with Crippen molar-refractivity contribution in [1.29, 1.82) is 0 Å². The maximum Gasteiger partial charge on any atom is 0.0284 e. The number of hydrogen-bond acceptors (Lipinski definition) is 3. The van der Waals surface area contributed by atoms with Gasteiger partial charge in [0.05, 0.1) is 0 Å². The fourth-order valence-corrected chi connectivity index (χ4v) is 2.64. The molecule has 0 aliphatic rings. The summed E-state index contributed by atoms with van der Waals surface area (Å²) < 4.78 is 0. The van der Waals surface area contributed by atoms with Crippen molar-refractivity contribution in [2.75, 3.05) is 13.6 Å². The molecule has 106 valence electrons. The number of likely N-dealkylation sites (N-methyl/N-ethyl adjacent to an activating group) is 1. The van der Waals surface area contributed by atoms with E-state index in [1.165, 1.54) is 11.1 Å². The molecule has 0 spiro atoms. The van der Waals surface area contributed by atoms with Crippen molar-refractivity contribution in [3.63, 3.8) is 0 Å². The minimum atomic E-state index is 0.325. The normalized spacial score (nSPS) is 14.2. The van der Waals surface area contributed by atoms with Crippen LogP contribution in [0.3, 0.4) is 0 Å². The Labute approximate surface area is 121 Å². The molecule has 0 saturated heterocycles. The van der Waals surface area contributed by atoms with E-state index in [-0.39, 0.29) is 0 Å². The number of nitrogens with zero attached hydrogens (tertiary/aromatic N) is 2. The second-order valence-electron chi connectivity index (χ2n) is 5.27. The minimum Gasteiger partial charge on any atom is -0.329 e. The van der Waals surface area contributed by atoms with Crippen molar-refractivity contribution in [3.05, 3.63) is 66.0 Å². The predicted molar refractivity (Wildman–Crippen MR) is 83.4 cm³/mol. The van der Waals surface area contributed by atoms with Gasteiger partial charge in [-0.3, -0.25) is 9.88 Å². The Bertz CT molecular complexity index is 498. The lowest BCUT2D eigenvalue weighted by atomic mass is 9.92. The maximum atomic E-state index is 6.01. The van der Waals surface area contributed by atoms with Crippen LogP contribution in [0.4, 0.5) is 0 Å². The summed E-state index contributed by atoms with van der Waals surface area (Å²) in [5, 5.41) is 0. The highest BCUT2D eigenvalue weighted by atomic mass is 15.1. The van der Waals surface area contributed by atoms with Gasteiger partial charge in [-0.05, 0) is 36.2 Å². The lowest BCUT2D eigenvalue weighted by Crippen LogP contribution is -2.41. The molecule has 3 nitrogen and oxygen atoms in total. The van der Waals surface area contributed by atoms with E-state index in [9.17, 15) is 0 Å². The molecular formula is C17H23N3. The molecule has 1 heterocycles. The Balaban J connectivity index is 2.07. The molecule has 20 heavy (non-hydrogen) atoms. The summed E-state index contributed by atoms with van der Waals surface area (Å²) in [6.45, 7) is 3.79. The first-order valence-corrected chi connectivity index (χ1v) is 7.06. The average molecular weight is 269 g/mol. The van der Waals surface area contributed by atoms with Gasteiger partial charge in [-0.25, -0.2) is 0 Å². The van der Waals surface area contributed by atoms with Crippen molar-refractivity contribution in [1.82, 2.24) is 9.88 Å². The Kier molecular flexibility index (Phi) is 5.27. The van der Waals surface area contributed by atoms with E-state index in [0.29, 0.717) is 18.5 Å². The van der Waals surface area contributed by atoms with Gasteiger partial charge < -0.3 is 5.73 Å². The molecule has 2 unspecified atom stereocenters. The van der Waals surface area contributed by atoms with E-state index in [0.717, 1.165) is 6.54 Å². The Morgan fingerprint density at radius 3 is 2.35 bits per heavy atom. The van der Waals surface area contributed by atoms with E-state index in [4.69, 9.17) is 5.73 Å². The van der Waals surface area contributed by atoms with Crippen molar-refractivity contribution in [3.8, 4) is 0 Å². The fourth-order valence-electron chi connectivity index (χ4n) is 2.64. The van der Waals surface area contributed by atoms with Crippen LogP contribution in [0.2, 0.25) is 0 Å². The summed E-state index contributed by atoms with van der Waals surface area (Å²) in [6.07, 6.45) is 3.67. The standard InChI is InChI=1S/C17H23N3/c1-14(16-6-4-3-5-7-16)17(12-18)20(2)13-15-8-10-19-11-9-15/h3-11,14,17H,12-13,18H2,1-2H3. The van der Waals surface area contributed by atoms with Crippen molar-refractivity contribution in [2.45, 2.75) is 25.4 Å². The molecule has 0 saturated carbocycles. The number of rotatable bonds is 6. The zero-order chi connectivity index (χ0) is 14.4.